The Kier molecular flexibility index (Phi) is 5.14. The Morgan fingerprint density at radius 3 is 2.82 bits per heavy atom. The van der Waals surface area contributed by atoms with E-state index in [1.165, 1.54) is 6.20 Å². The predicted octanol–water partition coefficient (Wildman–Crippen LogP) is 1.29. The number of nitrogens with zero attached hydrogens (tertiary/aromatic N) is 5. The summed E-state index contributed by atoms with van der Waals surface area (Å²) in [6, 6.07) is 5.38. The summed E-state index contributed by atoms with van der Waals surface area (Å²) in [5.74, 6) is -1.44. The molecule has 22 heavy (non-hydrogen) atoms. The van der Waals surface area contributed by atoms with Gasteiger partial charge in [-0.15, -0.1) is 5.10 Å². The Morgan fingerprint density at radius 1 is 1.50 bits per heavy atom. The summed E-state index contributed by atoms with van der Waals surface area (Å²) >= 11 is 0. The summed E-state index contributed by atoms with van der Waals surface area (Å²) in [5, 5.41) is 31.9. The summed E-state index contributed by atoms with van der Waals surface area (Å²) in [5.41, 5.74) is 1.16. The summed E-state index contributed by atoms with van der Waals surface area (Å²) in [7, 11) is 0. The first-order valence-electron chi connectivity index (χ1n) is 6.97. The molecule has 0 aromatic carbocycles. The van der Waals surface area contributed by atoms with Crippen LogP contribution in [0.15, 0.2) is 18.3 Å². The van der Waals surface area contributed by atoms with Gasteiger partial charge in [-0.2, -0.15) is 5.26 Å². The maximum Gasteiger partial charge on any atom is 0.307 e. The molecule has 2 atom stereocenters. The molecule has 0 bridgehead atoms. The van der Waals surface area contributed by atoms with Gasteiger partial charge in [-0.05, 0) is 29.0 Å². The van der Waals surface area contributed by atoms with E-state index in [9.17, 15) is 9.90 Å². The summed E-state index contributed by atoms with van der Waals surface area (Å²) in [6.07, 6.45) is 3.13. The van der Waals surface area contributed by atoms with Gasteiger partial charge in [-0.1, -0.05) is 13.3 Å². The number of rotatable bonds is 7. The molecule has 0 aliphatic rings. The van der Waals surface area contributed by atoms with E-state index < -0.39 is 17.8 Å². The Bertz CT molecular complexity index is 647. The molecule has 0 unspecified atom stereocenters. The lowest BCUT2D eigenvalue weighted by Crippen LogP contribution is -2.25. The van der Waals surface area contributed by atoms with Crippen LogP contribution in [-0.2, 0) is 11.2 Å². The largest absolute Gasteiger partial charge is 0.481 e. The van der Waals surface area contributed by atoms with E-state index in [4.69, 9.17) is 5.26 Å². The van der Waals surface area contributed by atoms with Crippen LogP contribution >= 0.6 is 0 Å². The van der Waals surface area contributed by atoms with Crippen LogP contribution in [0.4, 0.5) is 0 Å². The fraction of sp³-hybridized carbons (Fsp3) is 0.429. The second-order valence-electron chi connectivity index (χ2n) is 4.98. The smallest absolute Gasteiger partial charge is 0.307 e. The van der Waals surface area contributed by atoms with Gasteiger partial charge < -0.3 is 5.11 Å². The minimum atomic E-state index is -0.878. The number of hydrogen-bond donors (Lipinski definition) is 2. The maximum atomic E-state index is 11.6. The fourth-order valence-electron chi connectivity index (χ4n) is 2.40. The van der Waals surface area contributed by atoms with Crippen molar-refractivity contribution < 1.29 is 9.90 Å². The predicted molar refractivity (Wildman–Crippen MR) is 75.6 cm³/mol. The van der Waals surface area contributed by atoms with E-state index in [-0.39, 0.29) is 0 Å². The van der Waals surface area contributed by atoms with Crippen LogP contribution in [0.25, 0.3) is 0 Å². The molecular weight excluding hydrogens is 284 g/mol. The number of aliphatic carboxylic acids is 1. The van der Waals surface area contributed by atoms with Gasteiger partial charge in [0, 0.05) is 24.2 Å². The van der Waals surface area contributed by atoms with Gasteiger partial charge in [0.15, 0.2) is 5.82 Å². The number of carboxylic acid groups (broad SMARTS) is 1. The van der Waals surface area contributed by atoms with Gasteiger partial charge >= 0.3 is 5.97 Å². The first kappa shape index (κ1) is 15.6. The zero-order valence-electron chi connectivity index (χ0n) is 12.1. The molecule has 0 aliphatic heterocycles. The normalized spacial score (nSPS) is 13.3. The first-order chi connectivity index (χ1) is 10.7. The van der Waals surface area contributed by atoms with Crippen molar-refractivity contribution in [3.05, 3.63) is 35.4 Å². The molecule has 2 aromatic heterocycles. The lowest BCUT2D eigenvalue weighted by Gasteiger charge is -2.20. The number of aromatic amines is 1. The third-order valence-electron chi connectivity index (χ3n) is 3.50. The summed E-state index contributed by atoms with van der Waals surface area (Å²) in [6.45, 7) is 1.94. The maximum absolute atomic E-state index is 11.6. The van der Waals surface area contributed by atoms with Crippen molar-refractivity contribution in [3.63, 3.8) is 0 Å². The molecule has 8 heteroatoms. The molecule has 0 saturated carbocycles. The topological polar surface area (TPSA) is 128 Å². The van der Waals surface area contributed by atoms with Gasteiger partial charge in [-0.25, -0.2) is 5.10 Å². The van der Waals surface area contributed by atoms with Gasteiger partial charge in [0.25, 0.3) is 0 Å². The summed E-state index contributed by atoms with van der Waals surface area (Å²) < 4.78 is 0. The van der Waals surface area contributed by atoms with Crippen LogP contribution in [0.3, 0.4) is 0 Å². The minimum absolute atomic E-state index is 0.388. The number of nitriles is 1. The van der Waals surface area contributed by atoms with Gasteiger partial charge in [0.2, 0.25) is 0 Å². The molecule has 0 aliphatic carbocycles. The SMILES string of the molecule is CCC[C@H](C(=O)O)[C@H](Cc1ccc(C#N)cn1)c1nnn[nH]1. The van der Waals surface area contributed by atoms with Crippen molar-refractivity contribution in [2.24, 2.45) is 5.92 Å². The molecule has 0 amide bonds. The molecule has 0 radical (unpaired) electrons. The van der Waals surface area contributed by atoms with Crippen LogP contribution in [0.1, 0.15) is 42.8 Å². The van der Waals surface area contributed by atoms with Crippen LogP contribution in [0, 0.1) is 17.2 Å². The highest BCUT2D eigenvalue weighted by molar-refractivity contribution is 5.71. The van der Waals surface area contributed by atoms with E-state index in [1.54, 1.807) is 12.1 Å². The van der Waals surface area contributed by atoms with Crippen LogP contribution in [0.5, 0.6) is 0 Å². The monoisotopic (exact) mass is 300 g/mol. The lowest BCUT2D eigenvalue weighted by atomic mass is 9.84. The van der Waals surface area contributed by atoms with Crippen molar-refractivity contribution in [2.75, 3.05) is 0 Å². The van der Waals surface area contributed by atoms with E-state index >= 15 is 0 Å². The molecular formula is C14H16N6O2. The Hall–Kier alpha value is -2.82. The average Bonchev–Trinajstić information content (AvgIpc) is 3.05. The van der Waals surface area contributed by atoms with Crippen LogP contribution in [0.2, 0.25) is 0 Å². The Labute approximate surface area is 127 Å². The van der Waals surface area contributed by atoms with Gasteiger partial charge in [0.1, 0.15) is 6.07 Å². The van der Waals surface area contributed by atoms with Crippen LogP contribution in [-0.4, -0.2) is 36.7 Å². The number of carbonyl (C=O) groups is 1. The second-order valence-corrected chi connectivity index (χ2v) is 4.98. The number of hydrogen-bond acceptors (Lipinski definition) is 6. The standard InChI is InChI=1S/C14H16N6O2/c1-2-3-11(14(21)22)12(13-17-19-20-18-13)6-10-5-4-9(7-15)8-16-10/h4-5,8,11-12H,2-3,6H2,1H3,(H,21,22)(H,17,18,19,20)/t11-,12-/m0/s1. The molecule has 0 spiro atoms. The lowest BCUT2D eigenvalue weighted by molar-refractivity contribution is -0.143. The first-order valence-corrected chi connectivity index (χ1v) is 6.97. The molecule has 0 saturated heterocycles. The van der Waals surface area contributed by atoms with Crippen molar-refractivity contribution in [1.82, 2.24) is 25.6 Å². The molecule has 8 nitrogen and oxygen atoms in total. The molecule has 2 heterocycles. The zero-order valence-corrected chi connectivity index (χ0v) is 12.1. The number of tetrazole rings is 1. The van der Waals surface area contributed by atoms with E-state index in [1.807, 2.05) is 13.0 Å². The van der Waals surface area contributed by atoms with Gasteiger partial charge in [-0.3, -0.25) is 9.78 Å². The van der Waals surface area contributed by atoms with E-state index in [2.05, 4.69) is 25.6 Å². The average molecular weight is 300 g/mol. The van der Waals surface area contributed by atoms with Crippen molar-refractivity contribution in [2.45, 2.75) is 32.1 Å². The van der Waals surface area contributed by atoms with E-state index in [0.717, 1.165) is 6.42 Å². The second kappa shape index (κ2) is 7.26. The molecule has 2 rings (SSSR count). The number of H-pyrrole nitrogens is 1. The van der Waals surface area contributed by atoms with Gasteiger partial charge in [0.05, 0.1) is 11.5 Å². The Morgan fingerprint density at radius 2 is 2.32 bits per heavy atom. The number of pyridine rings is 1. The number of carboxylic acids is 1. The summed E-state index contributed by atoms with van der Waals surface area (Å²) in [4.78, 5) is 15.8. The molecule has 2 aromatic rings. The van der Waals surface area contributed by atoms with E-state index in [0.29, 0.717) is 29.9 Å². The highest BCUT2D eigenvalue weighted by Gasteiger charge is 2.31. The molecule has 0 fully saturated rings. The third-order valence-corrected chi connectivity index (χ3v) is 3.50. The highest BCUT2D eigenvalue weighted by atomic mass is 16.4. The number of nitrogens with one attached hydrogen (secondary N) is 1. The molecule has 114 valence electrons. The molecule has 2 N–H and O–H groups in total. The Balaban J connectivity index is 2.28. The van der Waals surface area contributed by atoms with Crippen molar-refractivity contribution >= 4 is 5.97 Å². The number of aromatic nitrogens is 5. The fourth-order valence-corrected chi connectivity index (χ4v) is 2.40. The third kappa shape index (κ3) is 3.63. The van der Waals surface area contributed by atoms with Crippen LogP contribution < -0.4 is 0 Å². The minimum Gasteiger partial charge on any atom is -0.481 e. The highest BCUT2D eigenvalue weighted by Crippen LogP contribution is 2.29. The van der Waals surface area contributed by atoms with Crippen molar-refractivity contribution in [3.8, 4) is 6.07 Å². The zero-order chi connectivity index (χ0) is 15.9. The quantitative estimate of drug-likeness (QED) is 0.788. The van der Waals surface area contributed by atoms with Crippen molar-refractivity contribution in [1.29, 1.82) is 5.26 Å².